The van der Waals surface area contributed by atoms with Gasteiger partial charge in [0.15, 0.2) is 5.60 Å². The minimum absolute atomic E-state index is 0.622. The van der Waals surface area contributed by atoms with Crippen molar-refractivity contribution in [2.24, 2.45) is 0 Å². The van der Waals surface area contributed by atoms with Crippen LogP contribution in [0.25, 0.3) is 0 Å². The van der Waals surface area contributed by atoms with E-state index in [0.717, 1.165) is 0 Å². The number of hydrogen-bond donors (Lipinski definition) is 2. The molecule has 1 amide bonds. The molecule has 0 saturated carbocycles. The zero-order valence-corrected chi connectivity index (χ0v) is 13.6. The molecule has 21 heavy (non-hydrogen) atoms. The number of carbonyl (C=O) groups is 2. The van der Waals surface area contributed by atoms with E-state index >= 15 is 0 Å². The number of hydrogen-bond acceptors (Lipinski definition) is 6. The molecule has 1 heterocycles. The zero-order valence-electron chi connectivity index (χ0n) is 12.8. The maximum atomic E-state index is 11.9. The minimum atomic E-state index is -1.91. The zero-order chi connectivity index (χ0) is 16.3. The molecule has 0 aliphatic rings. The SMILES string of the molecule is COC(=O)[C@](C)(O)[C@@H](NC(=O)OC(C)(C)C)c1cccs1. The predicted molar refractivity (Wildman–Crippen MR) is 79.1 cm³/mol. The van der Waals surface area contributed by atoms with Crippen molar-refractivity contribution in [2.75, 3.05) is 7.11 Å². The van der Waals surface area contributed by atoms with Gasteiger partial charge in [-0.15, -0.1) is 11.3 Å². The lowest BCUT2D eigenvalue weighted by molar-refractivity contribution is -0.163. The summed E-state index contributed by atoms with van der Waals surface area (Å²) in [6.45, 7) is 6.47. The van der Waals surface area contributed by atoms with Gasteiger partial charge in [0.05, 0.1) is 7.11 Å². The average Bonchev–Trinajstić information content (AvgIpc) is 2.85. The van der Waals surface area contributed by atoms with E-state index in [-0.39, 0.29) is 0 Å². The fraction of sp³-hybridized carbons (Fsp3) is 0.571. The number of methoxy groups -OCH3 is 1. The highest BCUT2D eigenvalue weighted by Crippen LogP contribution is 2.30. The lowest BCUT2D eigenvalue weighted by atomic mass is 9.95. The molecule has 2 N–H and O–H groups in total. The summed E-state index contributed by atoms with van der Waals surface area (Å²) in [4.78, 5) is 24.3. The van der Waals surface area contributed by atoms with Crippen molar-refractivity contribution in [3.63, 3.8) is 0 Å². The first-order chi connectivity index (χ1) is 9.58. The van der Waals surface area contributed by atoms with Gasteiger partial charge in [0.25, 0.3) is 0 Å². The number of thiophene rings is 1. The van der Waals surface area contributed by atoms with Crippen molar-refractivity contribution >= 4 is 23.4 Å². The second-order valence-electron chi connectivity index (χ2n) is 5.73. The van der Waals surface area contributed by atoms with E-state index in [2.05, 4.69) is 10.1 Å². The summed E-state index contributed by atoms with van der Waals surface area (Å²) in [6, 6.07) is 2.51. The first-order valence-corrected chi connectivity index (χ1v) is 7.29. The Bertz CT molecular complexity index is 490. The second-order valence-corrected chi connectivity index (χ2v) is 6.71. The van der Waals surface area contributed by atoms with Crippen molar-refractivity contribution in [1.82, 2.24) is 5.32 Å². The van der Waals surface area contributed by atoms with Crippen LogP contribution in [0.15, 0.2) is 17.5 Å². The molecule has 7 heteroatoms. The molecule has 0 aliphatic heterocycles. The van der Waals surface area contributed by atoms with Crippen LogP contribution in [0.2, 0.25) is 0 Å². The topological polar surface area (TPSA) is 84.9 Å². The van der Waals surface area contributed by atoms with Crippen LogP contribution in [0.3, 0.4) is 0 Å². The van der Waals surface area contributed by atoms with E-state index in [1.807, 2.05) is 0 Å². The van der Waals surface area contributed by atoms with Gasteiger partial charge in [-0.05, 0) is 39.1 Å². The summed E-state index contributed by atoms with van der Waals surface area (Å²) < 4.78 is 9.77. The van der Waals surface area contributed by atoms with Crippen LogP contribution in [0.1, 0.15) is 38.6 Å². The first-order valence-electron chi connectivity index (χ1n) is 6.41. The van der Waals surface area contributed by atoms with E-state index < -0.39 is 29.3 Å². The smallest absolute Gasteiger partial charge is 0.408 e. The molecular formula is C14H21NO5S. The van der Waals surface area contributed by atoms with Crippen molar-refractivity contribution in [3.8, 4) is 0 Å². The van der Waals surface area contributed by atoms with Crippen LogP contribution in [0, 0.1) is 0 Å². The molecule has 0 aromatic carbocycles. The Morgan fingerprint density at radius 3 is 2.38 bits per heavy atom. The highest BCUT2D eigenvalue weighted by Gasteiger charge is 2.43. The molecule has 0 unspecified atom stereocenters. The van der Waals surface area contributed by atoms with Crippen molar-refractivity contribution in [2.45, 2.75) is 44.9 Å². The van der Waals surface area contributed by atoms with E-state index in [0.29, 0.717) is 4.88 Å². The van der Waals surface area contributed by atoms with Crippen LogP contribution < -0.4 is 5.32 Å². The van der Waals surface area contributed by atoms with Gasteiger partial charge in [0, 0.05) is 4.88 Å². The Balaban J connectivity index is 3.00. The van der Waals surface area contributed by atoms with Gasteiger partial charge in [-0.3, -0.25) is 0 Å². The fourth-order valence-electron chi connectivity index (χ4n) is 1.69. The summed E-state index contributed by atoms with van der Waals surface area (Å²) in [5.74, 6) is -0.836. The quantitative estimate of drug-likeness (QED) is 0.832. The number of carbonyl (C=O) groups excluding carboxylic acids is 2. The first kappa shape index (κ1) is 17.5. The summed E-state index contributed by atoms with van der Waals surface area (Å²) in [7, 11) is 1.18. The van der Waals surface area contributed by atoms with Gasteiger partial charge in [-0.1, -0.05) is 6.07 Å². The largest absolute Gasteiger partial charge is 0.467 e. The monoisotopic (exact) mass is 315 g/mol. The molecule has 6 nitrogen and oxygen atoms in total. The Kier molecular flexibility index (Phi) is 5.36. The van der Waals surface area contributed by atoms with Gasteiger partial charge in [0.2, 0.25) is 0 Å². The molecule has 1 aromatic rings. The molecule has 0 bridgehead atoms. The Morgan fingerprint density at radius 1 is 1.33 bits per heavy atom. The highest BCUT2D eigenvalue weighted by molar-refractivity contribution is 7.10. The molecule has 2 atom stereocenters. The maximum Gasteiger partial charge on any atom is 0.408 e. The van der Waals surface area contributed by atoms with E-state index in [1.54, 1.807) is 38.3 Å². The van der Waals surface area contributed by atoms with Crippen LogP contribution in [0.4, 0.5) is 4.79 Å². The molecule has 0 radical (unpaired) electrons. The van der Waals surface area contributed by atoms with E-state index in [1.165, 1.54) is 25.4 Å². The van der Waals surface area contributed by atoms with Crippen molar-refractivity contribution in [1.29, 1.82) is 0 Å². The number of esters is 1. The molecule has 0 saturated heterocycles. The molecule has 0 spiro atoms. The standard InChI is InChI=1S/C14H21NO5S/c1-13(2,3)20-12(17)15-10(9-7-6-8-21-9)14(4,18)11(16)19-5/h6-8,10,18H,1-5H3,(H,15,17)/t10-,14+/m0/s1. The second kappa shape index (κ2) is 6.44. The van der Waals surface area contributed by atoms with Crippen molar-refractivity contribution < 1.29 is 24.2 Å². The molecule has 0 aliphatic carbocycles. The summed E-state index contributed by atoms with van der Waals surface area (Å²) in [6.07, 6.45) is -0.718. The molecule has 118 valence electrons. The van der Waals surface area contributed by atoms with E-state index in [4.69, 9.17) is 4.74 Å². The van der Waals surface area contributed by atoms with Crippen LogP contribution >= 0.6 is 11.3 Å². The number of aliphatic hydroxyl groups is 1. The summed E-state index contributed by atoms with van der Waals surface area (Å²) in [5, 5.41) is 14.7. The summed E-state index contributed by atoms with van der Waals surface area (Å²) in [5.41, 5.74) is -2.59. The number of alkyl carbamates (subject to hydrolysis) is 1. The average molecular weight is 315 g/mol. The number of amides is 1. The maximum absolute atomic E-state index is 11.9. The van der Waals surface area contributed by atoms with Crippen LogP contribution in [-0.4, -0.2) is 35.5 Å². The third-order valence-electron chi connectivity index (χ3n) is 2.65. The molecule has 1 aromatic heterocycles. The molecule has 1 rings (SSSR count). The number of ether oxygens (including phenoxy) is 2. The van der Waals surface area contributed by atoms with Crippen LogP contribution in [0.5, 0.6) is 0 Å². The van der Waals surface area contributed by atoms with Crippen molar-refractivity contribution in [3.05, 3.63) is 22.4 Å². The predicted octanol–water partition coefficient (Wildman–Crippen LogP) is 2.24. The third-order valence-corrected chi connectivity index (χ3v) is 3.59. The van der Waals surface area contributed by atoms with Crippen LogP contribution in [-0.2, 0) is 14.3 Å². The normalized spacial score (nSPS) is 15.7. The minimum Gasteiger partial charge on any atom is -0.467 e. The third kappa shape index (κ3) is 4.71. The fourth-order valence-corrected chi connectivity index (χ4v) is 2.59. The highest BCUT2D eigenvalue weighted by atomic mass is 32.1. The Labute approximate surface area is 128 Å². The van der Waals surface area contributed by atoms with Gasteiger partial charge in [0.1, 0.15) is 11.6 Å². The number of rotatable bonds is 4. The lowest BCUT2D eigenvalue weighted by Gasteiger charge is -2.31. The van der Waals surface area contributed by atoms with Gasteiger partial charge in [-0.2, -0.15) is 0 Å². The Morgan fingerprint density at radius 2 is 1.95 bits per heavy atom. The van der Waals surface area contributed by atoms with Gasteiger partial charge < -0.3 is 19.9 Å². The number of nitrogens with one attached hydrogen (secondary N) is 1. The summed E-state index contributed by atoms with van der Waals surface area (Å²) >= 11 is 1.31. The molecular weight excluding hydrogens is 294 g/mol. The lowest BCUT2D eigenvalue weighted by Crippen LogP contribution is -2.50. The van der Waals surface area contributed by atoms with Gasteiger partial charge in [-0.25, -0.2) is 9.59 Å². The van der Waals surface area contributed by atoms with Gasteiger partial charge >= 0.3 is 12.1 Å². The molecule has 0 fully saturated rings. The van der Waals surface area contributed by atoms with E-state index in [9.17, 15) is 14.7 Å². The Hall–Kier alpha value is -1.60.